The first-order chi connectivity index (χ1) is 15.8. The number of hydrogen-bond donors (Lipinski definition) is 3. The SMILES string of the molecule is Cc1ccccc1C(=O)Nc1ccc(S(=O)(=O)NC(C)c2cccc(N)c2)c2ccccc12.Cl. The average Bonchev–Trinajstić information content (AvgIpc) is 2.79. The number of fused-ring (bicyclic) bond motifs is 1. The number of nitrogen functional groups attached to an aromatic ring is 1. The molecule has 6 nitrogen and oxygen atoms in total. The van der Waals surface area contributed by atoms with Crippen LogP contribution in [-0.2, 0) is 10.0 Å². The number of anilines is 2. The minimum absolute atomic E-state index is 0. The van der Waals surface area contributed by atoms with Crippen LogP contribution in [0, 0.1) is 6.92 Å². The summed E-state index contributed by atoms with van der Waals surface area (Å²) in [7, 11) is -3.85. The summed E-state index contributed by atoms with van der Waals surface area (Å²) >= 11 is 0. The second-order valence-corrected chi connectivity index (χ2v) is 9.62. The van der Waals surface area contributed by atoms with E-state index in [1.54, 1.807) is 55.5 Å². The van der Waals surface area contributed by atoms with Gasteiger partial charge in [-0.3, -0.25) is 4.79 Å². The van der Waals surface area contributed by atoms with E-state index < -0.39 is 16.1 Å². The zero-order chi connectivity index (χ0) is 23.6. The summed E-state index contributed by atoms with van der Waals surface area (Å²) in [6, 6.07) is 24.2. The molecule has 0 fully saturated rings. The van der Waals surface area contributed by atoms with Gasteiger partial charge in [0.2, 0.25) is 10.0 Å². The fourth-order valence-electron chi connectivity index (χ4n) is 3.82. The molecule has 4 N–H and O–H groups in total. The molecule has 4 aromatic rings. The lowest BCUT2D eigenvalue weighted by Gasteiger charge is -2.17. The summed E-state index contributed by atoms with van der Waals surface area (Å²) in [5, 5.41) is 4.08. The van der Waals surface area contributed by atoms with Crippen LogP contribution in [0.5, 0.6) is 0 Å². The first kappa shape index (κ1) is 25.2. The van der Waals surface area contributed by atoms with E-state index in [1.165, 1.54) is 6.07 Å². The number of halogens is 1. The Hall–Kier alpha value is -3.39. The zero-order valence-electron chi connectivity index (χ0n) is 18.8. The van der Waals surface area contributed by atoms with Gasteiger partial charge in [0.25, 0.3) is 5.91 Å². The summed E-state index contributed by atoms with van der Waals surface area (Å²) in [4.78, 5) is 13.0. The quantitative estimate of drug-likeness (QED) is 0.310. The maximum atomic E-state index is 13.3. The second-order valence-electron chi connectivity index (χ2n) is 7.94. The molecule has 0 radical (unpaired) electrons. The van der Waals surface area contributed by atoms with Gasteiger partial charge in [0, 0.05) is 33.8 Å². The Morgan fingerprint density at radius 3 is 2.26 bits per heavy atom. The molecule has 34 heavy (non-hydrogen) atoms. The number of carbonyl (C=O) groups excluding carboxylic acids is 1. The summed E-state index contributed by atoms with van der Waals surface area (Å²) in [6.45, 7) is 3.64. The topological polar surface area (TPSA) is 101 Å². The van der Waals surface area contributed by atoms with Crippen molar-refractivity contribution in [3.05, 3.63) is 102 Å². The molecule has 0 saturated carbocycles. The molecular weight excluding hydrogens is 470 g/mol. The molecule has 0 aliphatic rings. The van der Waals surface area contributed by atoms with Crippen molar-refractivity contribution < 1.29 is 13.2 Å². The Morgan fingerprint density at radius 2 is 1.56 bits per heavy atom. The molecule has 0 bridgehead atoms. The molecule has 8 heteroatoms. The van der Waals surface area contributed by atoms with Crippen LogP contribution in [0.2, 0.25) is 0 Å². The van der Waals surface area contributed by atoms with Gasteiger partial charge in [-0.2, -0.15) is 0 Å². The monoisotopic (exact) mass is 495 g/mol. The summed E-state index contributed by atoms with van der Waals surface area (Å²) in [6.07, 6.45) is 0. The highest BCUT2D eigenvalue weighted by Crippen LogP contribution is 2.31. The molecule has 0 aromatic heterocycles. The lowest BCUT2D eigenvalue weighted by molar-refractivity contribution is 0.102. The Kier molecular flexibility index (Phi) is 7.61. The molecular formula is C26H26ClN3O3S. The number of rotatable bonds is 6. The molecule has 1 unspecified atom stereocenters. The highest BCUT2D eigenvalue weighted by Gasteiger charge is 2.22. The average molecular weight is 496 g/mol. The lowest BCUT2D eigenvalue weighted by atomic mass is 10.1. The number of sulfonamides is 1. The fraction of sp³-hybridized carbons (Fsp3) is 0.115. The van der Waals surface area contributed by atoms with Crippen molar-refractivity contribution in [3.63, 3.8) is 0 Å². The van der Waals surface area contributed by atoms with Gasteiger partial charge in [-0.15, -0.1) is 12.4 Å². The predicted molar refractivity (Wildman–Crippen MR) is 140 cm³/mol. The molecule has 0 saturated heterocycles. The number of hydrogen-bond acceptors (Lipinski definition) is 4. The smallest absolute Gasteiger partial charge is 0.255 e. The van der Waals surface area contributed by atoms with Gasteiger partial charge in [0.15, 0.2) is 0 Å². The van der Waals surface area contributed by atoms with Gasteiger partial charge in [0.05, 0.1) is 4.90 Å². The first-order valence-electron chi connectivity index (χ1n) is 10.5. The van der Waals surface area contributed by atoms with Gasteiger partial charge in [-0.25, -0.2) is 13.1 Å². The highest BCUT2D eigenvalue weighted by atomic mass is 35.5. The van der Waals surface area contributed by atoms with E-state index in [4.69, 9.17) is 5.73 Å². The second kappa shape index (κ2) is 10.3. The van der Waals surface area contributed by atoms with Crippen LogP contribution >= 0.6 is 12.4 Å². The van der Waals surface area contributed by atoms with Crippen LogP contribution < -0.4 is 15.8 Å². The van der Waals surface area contributed by atoms with Crippen molar-refractivity contribution >= 4 is 50.5 Å². The molecule has 4 aromatic carbocycles. The van der Waals surface area contributed by atoms with E-state index in [9.17, 15) is 13.2 Å². The first-order valence-corrected chi connectivity index (χ1v) is 12.0. The molecule has 4 rings (SSSR count). The third-order valence-electron chi connectivity index (χ3n) is 5.55. The van der Waals surface area contributed by atoms with Crippen molar-refractivity contribution in [3.8, 4) is 0 Å². The standard InChI is InChI=1S/C26H25N3O3S.ClH/c1-17-8-3-4-11-21(17)26(30)28-24-14-15-25(23-13-6-5-12-22(23)24)33(31,32)29-18(2)19-9-7-10-20(27)16-19;/h3-16,18,29H,27H2,1-2H3,(H,28,30);1H. The van der Waals surface area contributed by atoms with Gasteiger partial charge < -0.3 is 11.1 Å². The number of carbonyl (C=O) groups is 1. The minimum atomic E-state index is -3.85. The van der Waals surface area contributed by atoms with E-state index in [1.807, 2.05) is 37.3 Å². The van der Waals surface area contributed by atoms with Crippen molar-refractivity contribution in [2.75, 3.05) is 11.1 Å². The van der Waals surface area contributed by atoms with Gasteiger partial charge >= 0.3 is 0 Å². The van der Waals surface area contributed by atoms with Gasteiger partial charge in [0.1, 0.15) is 0 Å². The van der Waals surface area contributed by atoms with Crippen LogP contribution in [0.3, 0.4) is 0 Å². The zero-order valence-corrected chi connectivity index (χ0v) is 20.4. The number of nitrogens with one attached hydrogen (secondary N) is 2. The van der Waals surface area contributed by atoms with Gasteiger partial charge in [-0.1, -0.05) is 54.6 Å². The van der Waals surface area contributed by atoms with Crippen molar-refractivity contribution in [2.24, 2.45) is 0 Å². The minimum Gasteiger partial charge on any atom is -0.399 e. The normalized spacial score (nSPS) is 12.1. The molecule has 0 aliphatic carbocycles. The van der Waals surface area contributed by atoms with E-state index in [0.29, 0.717) is 27.7 Å². The third kappa shape index (κ3) is 5.22. The van der Waals surface area contributed by atoms with Crippen molar-refractivity contribution in [1.82, 2.24) is 4.72 Å². The Morgan fingerprint density at radius 1 is 0.882 bits per heavy atom. The molecule has 0 aliphatic heterocycles. The molecule has 0 spiro atoms. The van der Waals surface area contributed by atoms with Crippen molar-refractivity contribution in [2.45, 2.75) is 24.8 Å². The van der Waals surface area contributed by atoms with Crippen LogP contribution in [0.25, 0.3) is 10.8 Å². The number of amides is 1. The maximum absolute atomic E-state index is 13.3. The molecule has 176 valence electrons. The number of aryl methyl sites for hydroxylation is 1. The summed E-state index contributed by atoms with van der Waals surface area (Å²) in [5.41, 5.74) is 9.15. The fourth-order valence-corrected chi connectivity index (χ4v) is 5.27. The highest BCUT2D eigenvalue weighted by molar-refractivity contribution is 7.89. The predicted octanol–water partition coefficient (Wildman–Crippen LogP) is 5.44. The van der Waals surface area contributed by atoms with E-state index in [-0.39, 0.29) is 23.2 Å². The molecule has 0 heterocycles. The Labute approximate surface area is 205 Å². The summed E-state index contributed by atoms with van der Waals surface area (Å²) in [5.74, 6) is -0.248. The van der Waals surface area contributed by atoms with Crippen LogP contribution in [0.4, 0.5) is 11.4 Å². The number of nitrogens with two attached hydrogens (primary N) is 1. The number of benzene rings is 4. The molecule has 1 amide bonds. The Bertz CT molecular complexity index is 1450. The lowest BCUT2D eigenvalue weighted by Crippen LogP contribution is -2.27. The Balaban J connectivity index is 0.00000324. The maximum Gasteiger partial charge on any atom is 0.255 e. The van der Waals surface area contributed by atoms with Crippen molar-refractivity contribution in [1.29, 1.82) is 0 Å². The van der Waals surface area contributed by atoms with Gasteiger partial charge in [-0.05, 0) is 55.3 Å². The summed E-state index contributed by atoms with van der Waals surface area (Å²) < 4.78 is 29.3. The third-order valence-corrected chi connectivity index (χ3v) is 7.15. The largest absolute Gasteiger partial charge is 0.399 e. The van der Waals surface area contributed by atoms with E-state index >= 15 is 0 Å². The van der Waals surface area contributed by atoms with Crippen LogP contribution in [0.1, 0.15) is 34.5 Å². The van der Waals surface area contributed by atoms with E-state index in [0.717, 1.165) is 11.1 Å². The molecule has 1 atom stereocenters. The van der Waals surface area contributed by atoms with E-state index in [2.05, 4.69) is 10.0 Å². The van der Waals surface area contributed by atoms with Crippen LogP contribution in [0.15, 0.2) is 89.8 Å². The van der Waals surface area contributed by atoms with Crippen LogP contribution in [-0.4, -0.2) is 14.3 Å².